The number of hydrogen-bond donors (Lipinski definition) is 0. The van der Waals surface area contributed by atoms with Crippen LogP contribution in [0.4, 0.5) is 0 Å². The Kier molecular flexibility index (Phi) is 6.28. The molecule has 3 aromatic rings. The number of hydrogen-bond acceptors (Lipinski definition) is 4. The maximum Gasteiger partial charge on any atom is 0.261 e. The lowest BCUT2D eigenvalue weighted by atomic mass is 10.1. The van der Waals surface area contributed by atoms with Crippen molar-refractivity contribution in [3.05, 3.63) is 59.9 Å². The Labute approximate surface area is 188 Å². The fourth-order valence-electron chi connectivity index (χ4n) is 4.02. The van der Waals surface area contributed by atoms with Crippen molar-refractivity contribution in [2.75, 3.05) is 26.4 Å². The third-order valence-electron chi connectivity index (χ3n) is 5.70. The molecule has 0 N–H and O–H groups in total. The van der Waals surface area contributed by atoms with E-state index in [1.165, 1.54) is 10.4 Å². The van der Waals surface area contributed by atoms with Gasteiger partial charge in [-0.15, -0.1) is 0 Å². The Morgan fingerprint density at radius 3 is 2.22 bits per heavy atom. The number of ether oxygens (including phenoxy) is 2. The number of imide groups is 1. The Morgan fingerprint density at radius 2 is 1.59 bits per heavy atom. The summed E-state index contributed by atoms with van der Waals surface area (Å²) < 4.78 is 16.0. The molecule has 7 nitrogen and oxygen atoms in total. The zero-order valence-electron chi connectivity index (χ0n) is 19.1. The van der Waals surface area contributed by atoms with Crippen molar-refractivity contribution in [3.8, 4) is 5.75 Å². The van der Waals surface area contributed by atoms with E-state index in [9.17, 15) is 9.59 Å². The van der Waals surface area contributed by atoms with E-state index in [2.05, 4.69) is 55.3 Å². The van der Waals surface area contributed by atoms with Crippen molar-refractivity contribution in [1.29, 1.82) is 0 Å². The fourth-order valence-corrected chi connectivity index (χ4v) is 4.02. The van der Waals surface area contributed by atoms with Crippen molar-refractivity contribution in [2.24, 2.45) is 0 Å². The van der Waals surface area contributed by atoms with E-state index in [0.717, 1.165) is 11.3 Å². The molecule has 0 spiro atoms. The first-order valence-electron chi connectivity index (χ1n) is 11.1. The SMILES string of the molecule is CC(C)n1c[n+](C(C)C)c2ccc(OCCOCCN3C(=O)c4ccccc4C3=O)cc21. The second-order valence-corrected chi connectivity index (χ2v) is 8.54. The van der Waals surface area contributed by atoms with Crippen LogP contribution in [0.2, 0.25) is 0 Å². The second-order valence-electron chi connectivity index (χ2n) is 8.54. The van der Waals surface area contributed by atoms with E-state index in [0.29, 0.717) is 36.4 Å². The Morgan fingerprint density at radius 1 is 0.906 bits per heavy atom. The van der Waals surface area contributed by atoms with Crippen molar-refractivity contribution >= 4 is 22.8 Å². The van der Waals surface area contributed by atoms with Gasteiger partial charge in [-0.05, 0) is 52.0 Å². The van der Waals surface area contributed by atoms with Gasteiger partial charge < -0.3 is 9.47 Å². The van der Waals surface area contributed by atoms with Crippen molar-refractivity contribution < 1.29 is 23.6 Å². The van der Waals surface area contributed by atoms with Gasteiger partial charge in [-0.3, -0.25) is 14.5 Å². The zero-order valence-corrected chi connectivity index (χ0v) is 19.1. The van der Waals surface area contributed by atoms with Gasteiger partial charge in [-0.1, -0.05) is 12.1 Å². The van der Waals surface area contributed by atoms with E-state index < -0.39 is 0 Å². The Hall–Kier alpha value is -3.19. The van der Waals surface area contributed by atoms with Crippen LogP contribution < -0.4 is 9.30 Å². The summed E-state index contributed by atoms with van der Waals surface area (Å²) >= 11 is 0. The number of aromatic nitrogens is 2. The third kappa shape index (κ3) is 4.12. The molecule has 0 fully saturated rings. The number of nitrogens with zero attached hydrogens (tertiary/aromatic N) is 3. The van der Waals surface area contributed by atoms with Crippen molar-refractivity contribution in [2.45, 2.75) is 39.8 Å². The zero-order chi connectivity index (χ0) is 22.8. The molecule has 4 rings (SSSR count). The number of carbonyl (C=O) groups excluding carboxylic acids is 2. The van der Waals surface area contributed by atoms with Crippen LogP contribution in [0.15, 0.2) is 48.8 Å². The molecule has 0 unspecified atom stereocenters. The minimum atomic E-state index is -0.259. The topological polar surface area (TPSA) is 64.7 Å². The molecule has 168 valence electrons. The van der Waals surface area contributed by atoms with Crippen LogP contribution in [0, 0.1) is 0 Å². The first-order valence-corrected chi connectivity index (χ1v) is 11.1. The van der Waals surface area contributed by atoms with Gasteiger partial charge in [-0.2, -0.15) is 0 Å². The summed E-state index contributed by atoms with van der Waals surface area (Å²) in [6.07, 6.45) is 2.16. The fraction of sp³-hybridized carbons (Fsp3) is 0.400. The molecular weight excluding hydrogens is 406 g/mol. The van der Waals surface area contributed by atoms with E-state index in [1.807, 2.05) is 6.07 Å². The average molecular weight is 437 g/mol. The smallest absolute Gasteiger partial charge is 0.261 e. The first-order chi connectivity index (χ1) is 15.4. The van der Waals surface area contributed by atoms with Crippen LogP contribution in [-0.4, -0.2) is 47.6 Å². The van der Waals surface area contributed by atoms with Crippen LogP contribution in [0.1, 0.15) is 60.5 Å². The summed E-state index contributed by atoms with van der Waals surface area (Å²) in [4.78, 5) is 26.0. The Balaban J connectivity index is 1.29. The minimum absolute atomic E-state index is 0.232. The Bertz CT molecular complexity index is 1110. The molecule has 0 saturated heterocycles. The molecule has 0 radical (unpaired) electrons. The van der Waals surface area contributed by atoms with Gasteiger partial charge >= 0.3 is 0 Å². The van der Waals surface area contributed by atoms with E-state index >= 15 is 0 Å². The van der Waals surface area contributed by atoms with Gasteiger partial charge in [0.25, 0.3) is 11.8 Å². The van der Waals surface area contributed by atoms with Gasteiger partial charge in [0.05, 0.1) is 43.0 Å². The molecule has 0 aliphatic carbocycles. The molecule has 2 amide bonds. The first kappa shape index (κ1) is 22.0. The normalized spacial score (nSPS) is 13.6. The van der Waals surface area contributed by atoms with Gasteiger partial charge in [0.15, 0.2) is 11.0 Å². The lowest BCUT2D eigenvalue weighted by Crippen LogP contribution is -2.34. The average Bonchev–Trinajstić information content (AvgIpc) is 3.27. The minimum Gasteiger partial charge on any atom is -0.491 e. The van der Waals surface area contributed by atoms with Gasteiger partial charge in [0, 0.05) is 6.07 Å². The highest BCUT2D eigenvalue weighted by Gasteiger charge is 2.34. The molecule has 1 aromatic heterocycles. The molecule has 2 heterocycles. The predicted octanol–water partition coefficient (Wildman–Crippen LogP) is 3.78. The summed E-state index contributed by atoms with van der Waals surface area (Å²) in [5, 5.41) is 0. The van der Waals surface area contributed by atoms with Crippen molar-refractivity contribution in [1.82, 2.24) is 9.47 Å². The van der Waals surface area contributed by atoms with Crippen molar-refractivity contribution in [3.63, 3.8) is 0 Å². The summed E-state index contributed by atoms with van der Waals surface area (Å²) in [5.41, 5.74) is 3.23. The molecular formula is C25H30N3O4+. The molecule has 0 bridgehead atoms. The van der Waals surface area contributed by atoms with Crippen LogP contribution in [0.25, 0.3) is 11.0 Å². The molecule has 1 aliphatic heterocycles. The molecule has 0 atom stereocenters. The van der Waals surface area contributed by atoms with E-state index in [-0.39, 0.29) is 25.0 Å². The maximum absolute atomic E-state index is 12.4. The monoisotopic (exact) mass is 436 g/mol. The highest BCUT2D eigenvalue weighted by molar-refractivity contribution is 6.21. The lowest BCUT2D eigenvalue weighted by molar-refractivity contribution is -0.692. The van der Waals surface area contributed by atoms with E-state index in [1.54, 1.807) is 24.3 Å². The number of amides is 2. The standard InChI is InChI=1S/C25H30N3O4/c1-17(2)27-16-28(18(3)4)23-15-19(9-10-22(23)27)32-14-13-31-12-11-26-24(29)20-7-5-6-8-21(20)25(26)30/h5-10,15-18H,11-14H2,1-4H3/q+1. The van der Waals surface area contributed by atoms with Crippen LogP contribution in [0.5, 0.6) is 5.75 Å². The van der Waals surface area contributed by atoms with E-state index in [4.69, 9.17) is 9.47 Å². The predicted molar refractivity (Wildman–Crippen MR) is 121 cm³/mol. The molecule has 7 heteroatoms. The summed E-state index contributed by atoms with van der Waals surface area (Å²) in [7, 11) is 0. The summed E-state index contributed by atoms with van der Waals surface area (Å²) in [6.45, 7) is 9.95. The summed E-state index contributed by atoms with van der Waals surface area (Å²) in [5.74, 6) is 0.272. The molecule has 1 aliphatic rings. The largest absolute Gasteiger partial charge is 0.491 e. The van der Waals surface area contributed by atoms with Crippen LogP contribution in [0.3, 0.4) is 0 Å². The quantitative estimate of drug-likeness (QED) is 0.291. The lowest BCUT2D eigenvalue weighted by Gasteiger charge is -2.14. The number of carbonyl (C=O) groups is 2. The van der Waals surface area contributed by atoms with Crippen LogP contribution in [-0.2, 0) is 4.74 Å². The number of benzene rings is 2. The maximum atomic E-state index is 12.4. The van der Waals surface area contributed by atoms with Gasteiger partial charge in [0.1, 0.15) is 12.4 Å². The number of rotatable bonds is 9. The van der Waals surface area contributed by atoms with Gasteiger partial charge in [-0.25, -0.2) is 9.13 Å². The van der Waals surface area contributed by atoms with Crippen LogP contribution >= 0.6 is 0 Å². The molecule has 0 saturated carbocycles. The number of imidazole rings is 1. The second kappa shape index (κ2) is 9.12. The highest BCUT2D eigenvalue weighted by atomic mass is 16.5. The third-order valence-corrected chi connectivity index (χ3v) is 5.70. The molecule has 32 heavy (non-hydrogen) atoms. The van der Waals surface area contributed by atoms with Gasteiger partial charge in [0.2, 0.25) is 6.33 Å². The number of fused-ring (bicyclic) bond motifs is 2. The molecule has 2 aromatic carbocycles. The summed E-state index contributed by atoms with van der Waals surface area (Å²) in [6, 6.07) is 13.7. The highest BCUT2D eigenvalue weighted by Crippen LogP contribution is 2.24.